The first-order valence-electron chi connectivity index (χ1n) is 6.21. The van der Waals surface area contributed by atoms with Gasteiger partial charge >= 0.3 is 0 Å². The minimum Gasteiger partial charge on any atom is -0.389 e. The topological polar surface area (TPSA) is 53.7 Å². The lowest BCUT2D eigenvalue weighted by atomic mass is 10.1. The minimum absolute atomic E-state index is 0.636. The fourth-order valence-corrected chi connectivity index (χ4v) is 2.05. The van der Waals surface area contributed by atoms with E-state index in [1.165, 1.54) is 0 Å². The van der Waals surface area contributed by atoms with E-state index in [9.17, 15) is 5.11 Å². The summed E-state index contributed by atoms with van der Waals surface area (Å²) in [6, 6.07) is 1.89. The highest BCUT2D eigenvalue weighted by Crippen LogP contribution is 2.11. The van der Waals surface area contributed by atoms with Crippen molar-refractivity contribution in [2.24, 2.45) is 0 Å². The molecule has 0 radical (unpaired) electrons. The first-order valence-corrected chi connectivity index (χ1v) is 6.21. The van der Waals surface area contributed by atoms with Crippen molar-refractivity contribution in [3.63, 3.8) is 0 Å². The van der Waals surface area contributed by atoms with Crippen LogP contribution in [0.15, 0.2) is 24.7 Å². The van der Waals surface area contributed by atoms with Crippen LogP contribution in [0.1, 0.15) is 26.5 Å². The average molecular weight is 248 g/mol. The smallest absolute Gasteiger partial charge is 0.233 e. The molecule has 2 rings (SSSR count). The number of hydrogen-bond donors (Lipinski definition) is 1. The maximum atomic E-state index is 9.88. The molecule has 5 heteroatoms. The molecule has 0 atom stereocenters. The molecule has 0 aliphatic carbocycles. The number of hydrogen-bond acceptors (Lipinski definition) is 4. The van der Waals surface area contributed by atoms with Crippen LogP contribution in [-0.4, -0.2) is 43.1 Å². The van der Waals surface area contributed by atoms with Gasteiger partial charge in [0.2, 0.25) is 5.78 Å². The Morgan fingerprint density at radius 3 is 2.83 bits per heavy atom. The van der Waals surface area contributed by atoms with Crippen LogP contribution in [-0.2, 0) is 6.54 Å². The second kappa shape index (κ2) is 5.04. The van der Waals surface area contributed by atoms with Gasteiger partial charge in [-0.05, 0) is 26.5 Å². The fourth-order valence-electron chi connectivity index (χ4n) is 2.05. The summed E-state index contributed by atoms with van der Waals surface area (Å²) >= 11 is 0. The molecule has 0 saturated carbocycles. The molecular formula is C13H20N4O. The highest BCUT2D eigenvalue weighted by atomic mass is 16.3. The Kier molecular flexibility index (Phi) is 3.63. The Morgan fingerprint density at radius 1 is 1.39 bits per heavy atom. The third-order valence-corrected chi connectivity index (χ3v) is 2.81. The number of imidazole rings is 1. The molecule has 0 bridgehead atoms. The molecule has 0 aromatic carbocycles. The van der Waals surface area contributed by atoms with E-state index in [4.69, 9.17) is 0 Å². The van der Waals surface area contributed by atoms with Crippen molar-refractivity contribution in [3.05, 3.63) is 30.4 Å². The molecule has 5 nitrogen and oxygen atoms in total. The monoisotopic (exact) mass is 248 g/mol. The number of likely N-dealkylation sites (N-methyl/N-ethyl adjacent to an activating group) is 1. The maximum absolute atomic E-state index is 9.88. The van der Waals surface area contributed by atoms with Crippen LogP contribution in [0.2, 0.25) is 0 Å². The largest absolute Gasteiger partial charge is 0.389 e. The van der Waals surface area contributed by atoms with Gasteiger partial charge in [0.1, 0.15) is 0 Å². The summed E-state index contributed by atoms with van der Waals surface area (Å²) in [5.41, 5.74) is 0.401. The van der Waals surface area contributed by atoms with Gasteiger partial charge in [-0.25, -0.2) is 9.97 Å². The average Bonchev–Trinajstić information content (AvgIpc) is 2.70. The van der Waals surface area contributed by atoms with Gasteiger partial charge in [0, 0.05) is 25.5 Å². The Morgan fingerprint density at radius 2 is 2.17 bits per heavy atom. The molecule has 2 heterocycles. The zero-order valence-electron chi connectivity index (χ0n) is 11.2. The highest BCUT2D eigenvalue weighted by molar-refractivity contribution is 5.30. The van der Waals surface area contributed by atoms with Crippen LogP contribution in [0.3, 0.4) is 0 Å². The van der Waals surface area contributed by atoms with Crippen molar-refractivity contribution in [1.29, 1.82) is 0 Å². The van der Waals surface area contributed by atoms with E-state index in [0.717, 1.165) is 18.8 Å². The van der Waals surface area contributed by atoms with Crippen molar-refractivity contribution in [2.75, 3.05) is 13.1 Å². The van der Waals surface area contributed by atoms with Gasteiger partial charge in [-0.1, -0.05) is 6.92 Å². The second-order valence-corrected chi connectivity index (χ2v) is 5.15. The molecule has 0 fully saturated rings. The lowest BCUT2D eigenvalue weighted by Crippen LogP contribution is -2.38. The minimum atomic E-state index is -0.686. The van der Waals surface area contributed by atoms with E-state index in [2.05, 4.69) is 21.8 Å². The molecule has 18 heavy (non-hydrogen) atoms. The zero-order chi connectivity index (χ0) is 13.2. The Labute approximate surface area is 107 Å². The van der Waals surface area contributed by atoms with E-state index in [1.807, 2.05) is 36.7 Å². The predicted octanol–water partition coefficient (Wildman–Crippen LogP) is 1.32. The van der Waals surface area contributed by atoms with E-state index in [1.54, 1.807) is 6.20 Å². The van der Waals surface area contributed by atoms with E-state index in [0.29, 0.717) is 12.3 Å². The summed E-state index contributed by atoms with van der Waals surface area (Å²) in [6.07, 6.45) is 5.54. The summed E-state index contributed by atoms with van der Waals surface area (Å²) in [4.78, 5) is 10.6. The van der Waals surface area contributed by atoms with Gasteiger partial charge in [-0.2, -0.15) is 0 Å². The first kappa shape index (κ1) is 13.0. The van der Waals surface area contributed by atoms with Gasteiger partial charge in [-0.15, -0.1) is 0 Å². The summed E-state index contributed by atoms with van der Waals surface area (Å²) in [7, 11) is 0. The van der Waals surface area contributed by atoms with Crippen LogP contribution in [0, 0.1) is 0 Å². The van der Waals surface area contributed by atoms with E-state index >= 15 is 0 Å². The number of nitrogens with zero attached hydrogens (tertiary/aromatic N) is 4. The third kappa shape index (κ3) is 3.05. The number of aliphatic hydroxyl groups is 1. The summed E-state index contributed by atoms with van der Waals surface area (Å²) in [5, 5.41) is 9.88. The normalized spacial score (nSPS) is 12.5. The standard InChI is InChI=1S/C13H20N4O/c1-4-16(10-13(2,3)18)9-11-8-15-12-14-6-5-7-17(11)12/h5-8,18H,4,9-10H2,1-3H3. The highest BCUT2D eigenvalue weighted by Gasteiger charge is 2.18. The quantitative estimate of drug-likeness (QED) is 0.867. The van der Waals surface area contributed by atoms with E-state index in [-0.39, 0.29) is 0 Å². The molecule has 0 spiro atoms. The molecule has 0 saturated heterocycles. The fraction of sp³-hybridized carbons (Fsp3) is 0.538. The molecule has 98 valence electrons. The van der Waals surface area contributed by atoms with Gasteiger partial charge in [0.25, 0.3) is 0 Å². The van der Waals surface area contributed by atoms with Crippen molar-refractivity contribution in [1.82, 2.24) is 19.3 Å². The van der Waals surface area contributed by atoms with E-state index < -0.39 is 5.60 Å². The molecule has 0 aliphatic rings. The van der Waals surface area contributed by atoms with Crippen molar-refractivity contribution in [2.45, 2.75) is 32.9 Å². The maximum Gasteiger partial charge on any atom is 0.233 e. The predicted molar refractivity (Wildman–Crippen MR) is 70.2 cm³/mol. The second-order valence-electron chi connectivity index (χ2n) is 5.15. The van der Waals surface area contributed by atoms with Crippen LogP contribution in [0.5, 0.6) is 0 Å². The summed E-state index contributed by atoms with van der Waals surface area (Å²) in [6.45, 7) is 8.02. The summed E-state index contributed by atoms with van der Waals surface area (Å²) in [5.74, 6) is 0.715. The SMILES string of the molecule is CCN(Cc1cnc2ncccn12)CC(C)(C)O. The van der Waals surface area contributed by atoms with Gasteiger partial charge < -0.3 is 5.11 Å². The number of aromatic nitrogens is 3. The van der Waals surface area contributed by atoms with Crippen LogP contribution >= 0.6 is 0 Å². The molecule has 1 N–H and O–H groups in total. The molecule has 2 aromatic rings. The van der Waals surface area contributed by atoms with Gasteiger partial charge in [-0.3, -0.25) is 9.30 Å². The molecule has 0 unspecified atom stereocenters. The lowest BCUT2D eigenvalue weighted by molar-refractivity contribution is 0.0349. The Hall–Kier alpha value is -1.46. The van der Waals surface area contributed by atoms with Crippen molar-refractivity contribution >= 4 is 5.78 Å². The lowest BCUT2D eigenvalue weighted by Gasteiger charge is -2.27. The van der Waals surface area contributed by atoms with Crippen molar-refractivity contribution in [3.8, 4) is 0 Å². The first-order chi connectivity index (χ1) is 8.49. The molecule has 0 aliphatic heterocycles. The molecule has 2 aromatic heterocycles. The Bertz CT molecular complexity index is 515. The van der Waals surface area contributed by atoms with Gasteiger partial charge in [0.05, 0.1) is 17.5 Å². The van der Waals surface area contributed by atoms with Crippen LogP contribution < -0.4 is 0 Å². The zero-order valence-corrected chi connectivity index (χ0v) is 11.2. The number of fused-ring (bicyclic) bond motifs is 1. The third-order valence-electron chi connectivity index (χ3n) is 2.81. The number of rotatable bonds is 5. The Balaban J connectivity index is 2.17. The summed E-state index contributed by atoms with van der Waals surface area (Å²) < 4.78 is 1.98. The molecular weight excluding hydrogens is 228 g/mol. The van der Waals surface area contributed by atoms with Crippen molar-refractivity contribution < 1.29 is 5.11 Å². The van der Waals surface area contributed by atoms with Gasteiger partial charge in [0.15, 0.2) is 0 Å². The molecule has 0 amide bonds. The van der Waals surface area contributed by atoms with Crippen LogP contribution in [0.25, 0.3) is 5.78 Å². The van der Waals surface area contributed by atoms with Crippen LogP contribution in [0.4, 0.5) is 0 Å².